The largest absolute Gasteiger partial charge is 0.370 e. The summed E-state index contributed by atoms with van der Waals surface area (Å²) in [5.74, 6) is -0.355. The summed E-state index contributed by atoms with van der Waals surface area (Å²) in [5, 5.41) is 3.46. The number of halogens is 1. The summed E-state index contributed by atoms with van der Waals surface area (Å²) >= 11 is 6.16. The Balaban J connectivity index is 1.59. The number of anilines is 2. The van der Waals surface area contributed by atoms with Crippen LogP contribution in [0.15, 0.2) is 47.4 Å². The fourth-order valence-corrected chi connectivity index (χ4v) is 5.65. The van der Waals surface area contributed by atoms with Crippen molar-refractivity contribution in [2.75, 3.05) is 36.4 Å². The molecule has 4 rings (SSSR count). The molecule has 0 saturated carbocycles. The molecule has 2 saturated heterocycles. The van der Waals surface area contributed by atoms with Gasteiger partial charge in [0.25, 0.3) is 5.91 Å². The Morgan fingerprint density at radius 3 is 2.34 bits per heavy atom. The first-order valence-electron chi connectivity index (χ1n) is 9.91. The Morgan fingerprint density at radius 1 is 0.931 bits per heavy atom. The summed E-state index contributed by atoms with van der Waals surface area (Å²) in [6.45, 7) is 2.93. The number of benzene rings is 2. The lowest BCUT2D eigenvalue weighted by molar-refractivity contribution is 0.102. The standard InChI is InChI=1S/C21H24ClN3O3S/c22-17-8-9-20(24-10-1-2-11-24)19(15-17)23-21(26)16-6-5-7-18(14-16)29(27,28)25-12-3-4-13-25/h5-9,14-15H,1-4,10-13H2,(H,23,26). The molecule has 1 N–H and O–H groups in total. The third-order valence-corrected chi connectivity index (χ3v) is 7.58. The van der Waals surface area contributed by atoms with Gasteiger partial charge >= 0.3 is 0 Å². The van der Waals surface area contributed by atoms with Gasteiger partial charge in [0, 0.05) is 36.8 Å². The van der Waals surface area contributed by atoms with E-state index in [1.54, 1.807) is 24.3 Å². The average molecular weight is 434 g/mol. The van der Waals surface area contributed by atoms with Crippen molar-refractivity contribution in [3.05, 3.63) is 53.1 Å². The number of sulfonamides is 1. The predicted molar refractivity (Wildman–Crippen MR) is 115 cm³/mol. The van der Waals surface area contributed by atoms with Crippen molar-refractivity contribution in [1.82, 2.24) is 4.31 Å². The highest BCUT2D eigenvalue weighted by atomic mass is 35.5. The maximum absolute atomic E-state index is 12.9. The van der Waals surface area contributed by atoms with Crippen molar-refractivity contribution >= 4 is 38.9 Å². The third-order valence-electron chi connectivity index (χ3n) is 5.45. The first-order chi connectivity index (χ1) is 13.9. The van der Waals surface area contributed by atoms with E-state index in [0.29, 0.717) is 29.4 Å². The van der Waals surface area contributed by atoms with Crippen molar-refractivity contribution in [2.45, 2.75) is 30.6 Å². The summed E-state index contributed by atoms with van der Waals surface area (Å²) in [6, 6.07) is 11.7. The SMILES string of the molecule is O=C(Nc1cc(Cl)ccc1N1CCCC1)c1cccc(S(=O)(=O)N2CCCC2)c1. The Hall–Kier alpha value is -2.09. The van der Waals surface area contributed by atoms with Crippen LogP contribution < -0.4 is 10.2 Å². The van der Waals surface area contributed by atoms with Gasteiger partial charge in [-0.25, -0.2) is 8.42 Å². The van der Waals surface area contributed by atoms with Gasteiger partial charge < -0.3 is 10.2 Å². The van der Waals surface area contributed by atoms with Gasteiger partial charge in [0.1, 0.15) is 0 Å². The molecule has 2 aliphatic rings. The lowest BCUT2D eigenvalue weighted by Gasteiger charge is -2.22. The molecule has 0 aliphatic carbocycles. The highest BCUT2D eigenvalue weighted by Gasteiger charge is 2.27. The summed E-state index contributed by atoms with van der Waals surface area (Å²) in [6.07, 6.45) is 3.97. The smallest absolute Gasteiger partial charge is 0.255 e. The predicted octanol–water partition coefficient (Wildman–Crippen LogP) is 3.98. The van der Waals surface area contributed by atoms with E-state index in [0.717, 1.165) is 44.5 Å². The topological polar surface area (TPSA) is 69.7 Å². The van der Waals surface area contributed by atoms with Crippen LogP contribution in [0.1, 0.15) is 36.0 Å². The normalized spacial score (nSPS) is 17.6. The maximum Gasteiger partial charge on any atom is 0.255 e. The monoisotopic (exact) mass is 433 g/mol. The Bertz CT molecular complexity index is 1010. The number of nitrogens with zero attached hydrogens (tertiary/aromatic N) is 2. The van der Waals surface area contributed by atoms with Crippen molar-refractivity contribution < 1.29 is 13.2 Å². The van der Waals surface area contributed by atoms with E-state index >= 15 is 0 Å². The maximum atomic E-state index is 12.9. The van der Waals surface area contributed by atoms with Crippen LogP contribution >= 0.6 is 11.6 Å². The zero-order valence-corrected chi connectivity index (χ0v) is 17.7. The molecule has 0 spiro atoms. The van der Waals surface area contributed by atoms with Crippen molar-refractivity contribution in [2.24, 2.45) is 0 Å². The van der Waals surface area contributed by atoms with Crippen LogP contribution in [0.2, 0.25) is 5.02 Å². The van der Waals surface area contributed by atoms with Crippen LogP contribution in [0, 0.1) is 0 Å². The summed E-state index contributed by atoms with van der Waals surface area (Å²) in [5.41, 5.74) is 1.87. The fraction of sp³-hybridized carbons (Fsp3) is 0.381. The second kappa shape index (κ2) is 8.34. The molecule has 1 amide bonds. The van der Waals surface area contributed by atoms with Crippen LogP contribution in [0.4, 0.5) is 11.4 Å². The quantitative estimate of drug-likeness (QED) is 0.774. The number of nitrogens with one attached hydrogen (secondary N) is 1. The molecule has 0 bridgehead atoms. The molecule has 8 heteroatoms. The minimum Gasteiger partial charge on any atom is -0.370 e. The molecule has 0 radical (unpaired) electrons. The van der Waals surface area contributed by atoms with E-state index in [-0.39, 0.29) is 10.8 Å². The van der Waals surface area contributed by atoms with E-state index in [9.17, 15) is 13.2 Å². The first kappa shape index (κ1) is 20.2. The number of hydrogen-bond acceptors (Lipinski definition) is 4. The van der Waals surface area contributed by atoms with E-state index in [1.807, 2.05) is 12.1 Å². The molecular formula is C21H24ClN3O3S. The van der Waals surface area contributed by atoms with Gasteiger partial charge in [-0.1, -0.05) is 17.7 Å². The van der Waals surface area contributed by atoms with Gasteiger partial charge in [-0.2, -0.15) is 4.31 Å². The van der Waals surface area contributed by atoms with Crippen LogP contribution in [0.5, 0.6) is 0 Å². The van der Waals surface area contributed by atoms with Gasteiger partial charge in [-0.05, 0) is 62.1 Å². The minimum atomic E-state index is -3.57. The second-order valence-electron chi connectivity index (χ2n) is 7.45. The van der Waals surface area contributed by atoms with E-state index in [1.165, 1.54) is 10.4 Å². The van der Waals surface area contributed by atoms with Crippen LogP contribution in [0.3, 0.4) is 0 Å². The molecule has 0 atom stereocenters. The Labute approximate surface area is 176 Å². The van der Waals surface area contributed by atoms with E-state index in [4.69, 9.17) is 11.6 Å². The molecule has 2 aliphatic heterocycles. The molecule has 0 aromatic heterocycles. The van der Waals surface area contributed by atoms with Gasteiger partial charge in [0.05, 0.1) is 16.3 Å². The van der Waals surface area contributed by atoms with Gasteiger partial charge in [0.2, 0.25) is 10.0 Å². The van der Waals surface area contributed by atoms with Gasteiger partial charge in [0.15, 0.2) is 0 Å². The molecule has 154 valence electrons. The Morgan fingerprint density at radius 2 is 1.62 bits per heavy atom. The third kappa shape index (κ3) is 4.27. The zero-order chi connectivity index (χ0) is 20.4. The molecule has 2 aromatic rings. The molecule has 2 aromatic carbocycles. The number of rotatable bonds is 5. The van der Waals surface area contributed by atoms with Crippen molar-refractivity contribution in [3.63, 3.8) is 0 Å². The summed E-state index contributed by atoms with van der Waals surface area (Å²) in [4.78, 5) is 15.3. The molecular weight excluding hydrogens is 410 g/mol. The second-order valence-corrected chi connectivity index (χ2v) is 9.82. The lowest BCUT2D eigenvalue weighted by atomic mass is 10.2. The first-order valence-corrected chi connectivity index (χ1v) is 11.7. The van der Waals surface area contributed by atoms with Crippen LogP contribution in [-0.2, 0) is 10.0 Å². The van der Waals surface area contributed by atoms with Crippen molar-refractivity contribution in [1.29, 1.82) is 0 Å². The number of carbonyl (C=O) groups is 1. The molecule has 0 unspecified atom stereocenters. The average Bonchev–Trinajstić information content (AvgIpc) is 3.42. The number of hydrogen-bond donors (Lipinski definition) is 1. The molecule has 2 heterocycles. The Kier molecular flexibility index (Phi) is 5.81. The molecule has 6 nitrogen and oxygen atoms in total. The van der Waals surface area contributed by atoms with Gasteiger partial charge in [-0.3, -0.25) is 4.79 Å². The number of amides is 1. The van der Waals surface area contributed by atoms with Crippen molar-refractivity contribution in [3.8, 4) is 0 Å². The summed E-state index contributed by atoms with van der Waals surface area (Å²) in [7, 11) is -3.57. The van der Waals surface area contributed by atoms with Crippen LogP contribution in [-0.4, -0.2) is 44.8 Å². The zero-order valence-electron chi connectivity index (χ0n) is 16.1. The molecule has 29 heavy (non-hydrogen) atoms. The van der Waals surface area contributed by atoms with Crippen LogP contribution in [0.25, 0.3) is 0 Å². The number of carbonyl (C=O) groups excluding carboxylic acids is 1. The van der Waals surface area contributed by atoms with E-state index in [2.05, 4.69) is 10.2 Å². The highest BCUT2D eigenvalue weighted by Crippen LogP contribution is 2.32. The van der Waals surface area contributed by atoms with E-state index < -0.39 is 10.0 Å². The lowest BCUT2D eigenvalue weighted by Crippen LogP contribution is -2.28. The molecule has 2 fully saturated rings. The van der Waals surface area contributed by atoms with Gasteiger partial charge in [-0.15, -0.1) is 0 Å². The minimum absolute atomic E-state index is 0.151. The highest BCUT2D eigenvalue weighted by molar-refractivity contribution is 7.89. The summed E-state index contributed by atoms with van der Waals surface area (Å²) < 4.78 is 27.1. The fourth-order valence-electron chi connectivity index (χ4n) is 3.91.